The van der Waals surface area contributed by atoms with E-state index in [0.717, 1.165) is 17.3 Å². The number of halogens is 1. The average molecular weight is 233 g/mol. The van der Waals surface area contributed by atoms with E-state index in [9.17, 15) is 0 Å². The van der Waals surface area contributed by atoms with E-state index in [0.29, 0.717) is 4.64 Å². The van der Waals surface area contributed by atoms with Crippen LogP contribution in [0.15, 0.2) is 0 Å². The zero-order valence-corrected chi connectivity index (χ0v) is 9.52. The zero-order valence-electron chi connectivity index (χ0n) is 7.13. The van der Waals surface area contributed by atoms with Crippen LogP contribution in [0.25, 0.3) is 0 Å². The minimum atomic E-state index is -0.0994. The average Bonchev–Trinajstić information content (AvgIpc) is 2.51. The first-order valence-corrected chi connectivity index (χ1v) is 6.02. The molecule has 0 aliphatic carbocycles. The molecule has 1 atom stereocenters. The summed E-state index contributed by atoms with van der Waals surface area (Å²) in [6, 6.07) is 0. The summed E-state index contributed by atoms with van der Waals surface area (Å²) in [4.78, 5) is 7.49. The maximum absolute atomic E-state index is 5.93. The van der Waals surface area contributed by atoms with Crippen molar-refractivity contribution < 1.29 is 0 Å². The SMILES string of the molecule is CC(Cl)c1nc(=S)c2c([nH]1)CSC2. The molecule has 0 radical (unpaired) electrons. The lowest BCUT2D eigenvalue weighted by atomic mass is 10.2. The van der Waals surface area contributed by atoms with Gasteiger partial charge in [-0.15, -0.1) is 11.6 Å². The van der Waals surface area contributed by atoms with Crippen molar-refractivity contribution in [2.24, 2.45) is 0 Å². The van der Waals surface area contributed by atoms with E-state index in [2.05, 4.69) is 9.97 Å². The van der Waals surface area contributed by atoms with Gasteiger partial charge in [-0.1, -0.05) is 12.2 Å². The van der Waals surface area contributed by atoms with Crippen LogP contribution >= 0.6 is 35.6 Å². The molecule has 2 heterocycles. The fourth-order valence-electron chi connectivity index (χ4n) is 1.28. The number of nitrogens with one attached hydrogen (secondary N) is 1. The molecule has 0 saturated carbocycles. The lowest BCUT2D eigenvalue weighted by Crippen LogP contribution is -2.01. The summed E-state index contributed by atoms with van der Waals surface area (Å²) in [5.74, 6) is 2.76. The highest BCUT2D eigenvalue weighted by Crippen LogP contribution is 2.29. The number of aromatic nitrogens is 2. The Kier molecular flexibility index (Phi) is 2.62. The van der Waals surface area contributed by atoms with Gasteiger partial charge in [0.15, 0.2) is 0 Å². The van der Waals surface area contributed by atoms with Gasteiger partial charge in [0.05, 0.1) is 5.38 Å². The number of rotatable bonds is 1. The Morgan fingerprint density at radius 1 is 1.62 bits per heavy atom. The third-order valence-corrected chi connectivity index (χ3v) is 3.52. The number of hydrogen-bond donors (Lipinski definition) is 1. The summed E-state index contributed by atoms with van der Waals surface area (Å²) in [7, 11) is 0. The van der Waals surface area contributed by atoms with Crippen molar-refractivity contribution in [3.63, 3.8) is 0 Å². The first kappa shape index (κ1) is 9.49. The van der Waals surface area contributed by atoms with E-state index >= 15 is 0 Å². The van der Waals surface area contributed by atoms with Crippen LogP contribution in [0, 0.1) is 4.64 Å². The van der Waals surface area contributed by atoms with Crippen LogP contribution in [-0.2, 0) is 11.5 Å². The third kappa shape index (κ3) is 1.75. The van der Waals surface area contributed by atoms with Gasteiger partial charge in [0.25, 0.3) is 0 Å². The molecule has 1 aliphatic rings. The van der Waals surface area contributed by atoms with Gasteiger partial charge >= 0.3 is 0 Å². The van der Waals surface area contributed by atoms with Crippen LogP contribution in [-0.4, -0.2) is 9.97 Å². The minimum Gasteiger partial charge on any atom is -0.345 e. The molecule has 1 N–H and O–H groups in total. The number of fused-ring (bicyclic) bond motifs is 1. The molecule has 0 fully saturated rings. The zero-order chi connectivity index (χ0) is 9.42. The fourth-order valence-corrected chi connectivity index (χ4v) is 2.84. The van der Waals surface area contributed by atoms with Crippen LogP contribution < -0.4 is 0 Å². The highest BCUT2D eigenvalue weighted by atomic mass is 35.5. The largest absolute Gasteiger partial charge is 0.345 e. The van der Waals surface area contributed by atoms with Crippen LogP contribution in [0.3, 0.4) is 0 Å². The van der Waals surface area contributed by atoms with Crippen LogP contribution in [0.5, 0.6) is 0 Å². The van der Waals surface area contributed by atoms with E-state index in [1.54, 1.807) is 0 Å². The monoisotopic (exact) mass is 232 g/mol. The van der Waals surface area contributed by atoms with Gasteiger partial charge < -0.3 is 4.98 Å². The molecule has 0 amide bonds. The lowest BCUT2D eigenvalue weighted by Gasteiger charge is -2.05. The summed E-state index contributed by atoms with van der Waals surface area (Å²) < 4.78 is 0.709. The van der Waals surface area contributed by atoms with Gasteiger partial charge in [0, 0.05) is 22.8 Å². The van der Waals surface area contributed by atoms with Gasteiger partial charge in [-0.05, 0) is 6.92 Å². The number of thioether (sulfide) groups is 1. The van der Waals surface area contributed by atoms with Gasteiger partial charge in [-0.3, -0.25) is 0 Å². The molecule has 13 heavy (non-hydrogen) atoms. The molecule has 1 aliphatic heterocycles. The van der Waals surface area contributed by atoms with Crippen molar-refractivity contribution in [1.29, 1.82) is 0 Å². The minimum absolute atomic E-state index is 0.0994. The number of H-pyrrole nitrogens is 1. The van der Waals surface area contributed by atoms with Crippen LogP contribution in [0.2, 0.25) is 0 Å². The third-order valence-electron chi connectivity index (χ3n) is 1.99. The molecular weight excluding hydrogens is 224 g/mol. The second-order valence-electron chi connectivity index (χ2n) is 2.99. The van der Waals surface area contributed by atoms with Crippen molar-refractivity contribution in [1.82, 2.24) is 9.97 Å². The van der Waals surface area contributed by atoms with Crippen LogP contribution in [0.4, 0.5) is 0 Å². The Morgan fingerprint density at radius 3 is 3.08 bits per heavy atom. The van der Waals surface area contributed by atoms with Crippen molar-refractivity contribution >= 4 is 35.6 Å². The Labute approximate surface area is 91.1 Å². The second-order valence-corrected chi connectivity index (χ2v) is 5.02. The Hall–Kier alpha value is -0.0600. The molecule has 2 rings (SSSR count). The van der Waals surface area contributed by atoms with E-state index < -0.39 is 0 Å². The van der Waals surface area contributed by atoms with Gasteiger partial charge in [0.2, 0.25) is 0 Å². The molecule has 1 aromatic heterocycles. The number of nitrogens with zero attached hydrogens (tertiary/aromatic N) is 1. The van der Waals surface area contributed by atoms with E-state index in [-0.39, 0.29) is 5.38 Å². The summed E-state index contributed by atoms with van der Waals surface area (Å²) >= 11 is 13.0. The van der Waals surface area contributed by atoms with Crippen LogP contribution in [0.1, 0.15) is 29.4 Å². The van der Waals surface area contributed by atoms with Crippen molar-refractivity contribution in [3.05, 3.63) is 21.7 Å². The standard InChI is InChI=1S/C8H9ClN2S2/c1-4(9)7-10-6-3-13-2-5(6)8(12)11-7/h4H,2-3H2,1H3,(H,10,11,12). The summed E-state index contributed by atoms with van der Waals surface area (Å²) in [5.41, 5.74) is 2.38. The molecule has 5 heteroatoms. The topological polar surface area (TPSA) is 28.7 Å². The molecule has 0 saturated heterocycles. The molecule has 0 bridgehead atoms. The van der Waals surface area contributed by atoms with E-state index in [1.807, 2.05) is 18.7 Å². The highest BCUT2D eigenvalue weighted by molar-refractivity contribution is 7.98. The first-order valence-electron chi connectivity index (χ1n) is 4.02. The molecule has 2 nitrogen and oxygen atoms in total. The predicted molar refractivity (Wildman–Crippen MR) is 58.7 cm³/mol. The normalized spacial score (nSPS) is 17.1. The molecule has 1 unspecified atom stereocenters. The van der Waals surface area contributed by atoms with Gasteiger partial charge in [-0.25, -0.2) is 4.98 Å². The Bertz CT molecular complexity index is 386. The first-order chi connectivity index (χ1) is 6.18. The van der Waals surface area contributed by atoms with E-state index in [1.165, 1.54) is 11.3 Å². The highest BCUT2D eigenvalue weighted by Gasteiger charge is 2.16. The smallest absolute Gasteiger partial charge is 0.134 e. The maximum atomic E-state index is 5.93. The fraction of sp³-hybridized carbons (Fsp3) is 0.500. The lowest BCUT2D eigenvalue weighted by molar-refractivity contribution is 0.874. The molecule has 0 aromatic carbocycles. The number of hydrogen-bond acceptors (Lipinski definition) is 3. The van der Waals surface area contributed by atoms with Crippen molar-refractivity contribution in [2.45, 2.75) is 23.8 Å². The Balaban J connectivity index is 2.56. The van der Waals surface area contributed by atoms with Crippen molar-refractivity contribution in [3.8, 4) is 0 Å². The molecule has 70 valence electrons. The summed E-state index contributed by atoms with van der Waals surface area (Å²) in [6.07, 6.45) is 0. The second kappa shape index (κ2) is 3.59. The van der Waals surface area contributed by atoms with Gasteiger partial charge in [0.1, 0.15) is 10.5 Å². The predicted octanol–water partition coefficient (Wildman–Crippen LogP) is 3.19. The summed E-state index contributed by atoms with van der Waals surface area (Å²) in [5, 5.41) is -0.0994. The molecule has 1 aromatic rings. The van der Waals surface area contributed by atoms with E-state index in [4.69, 9.17) is 23.8 Å². The maximum Gasteiger partial charge on any atom is 0.134 e. The molecular formula is C8H9ClN2S2. The Morgan fingerprint density at radius 2 is 2.38 bits per heavy atom. The van der Waals surface area contributed by atoms with Gasteiger partial charge in [-0.2, -0.15) is 11.8 Å². The number of alkyl halides is 1. The molecule has 0 spiro atoms. The van der Waals surface area contributed by atoms with Crippen molar-refractivity contribution in [2.75, 3.05) is 0 Å². The number of aromatic amines is 1. The summed E-state index contributed by atoms with van der Waals surface area (Å²) in [6.45, 7) is 1.89. The quantitative estimate of drug-likeness (QED) is 0.596.